The van der Waals surface area contributed by atoms with Gasteiger partial charge in [-0.1, -0.05) is 12.1 Å². The van der Waals surface area contributed by atoms with E-state index >= 15 is 0 Å². The van der Waals surface area contributed by atoms with Crippen LogP contribution >= 0.6 is 0 Å². The van der Waals surface area contributed by atoms with Gasteiger partial charge in [0.1, 0.15) is 17.9 Å². The summed E-state index contributed by atoms with van der Waals surface area (Å²) in [5.41, 5.74) is 0.1000. The molecule has 1 aromatic carbocycles. The molecule has 1 N–H and O–H groups in total. The fourth-order valence-corrected chi connectivity index (χ4v) is 1.38. The van der Waals surface area contributed by atoms with E-state index in [4.69, 9.17) is 4.74 Å². The Kier molecular flexibility index (Phi) is 6.01. The van der Waals surface area contributed by atoms with Crippen LogP contribution in [0, 0.1) is 0 Å². The number of para-hydroxylation sites is 1. The first-order chi connectivity index (χ1) is 9.83. The lowest BCUT2D eigenvalue weighted by Gasteiger charge is -2.10. The summed E-state index contributed by atoms with van der Waals surface area (Å²) in [6.45, 7) is -0.211. The van der Waals surface area contributed by atoms with E-state index in [0.717, 1.165) is 0 Å². The number of halogens is 3. The fraction of sp³-hybridized carbons (Fsp3) is 0.385. The van der Waals surface area contributed by atoms with Gasteiger partial charge >= 0.3 is 12.1 Å². The largest absolute Gasteiger partial charge is 0.493 e. The summed E-state index contributed by atoms with van der Waals surface area (Å²) in [5, 5.41) is 1.60. The van der Waals surface area contributed by atoms with Crippen molar-refractivity contribution in [2.75, 3.05) is 19.8 Å². The third-order valence-corrected chi connectivity index (χ3v) is 2.23. The van der Waals surface area contributed by atoms with Crippen molar-refractivity contribution in [1.82, 2.24) is 5.32 Å². The molecule has 0 aliphatic carbocycles. The molecular formula is C13H14F3NO4. The highest BCUT2D eigenvalue weighted by molar-refractivity contribution is 5.93. The molecule has 0 bridgehead atoms. The van der Waals surface area contributed by atoms with Crippen molar-refractivity contribution < 1.29 is 32.2 Å². The number of nitrogens with one attached hydrogen (secondary N) is 1. The van der Waals surface area contributed by atoms with Crippen LogP contribution in [-0.4, -0.2) is 37.8 Å². The van der Waals surface area contributed by atoms with E-state index in [1.807, 2.05) is 0 Å². The Hall–Kier alpha value is -2.25. The van der Waals surface area contributed by atoms with Crippen LogP contribution < -0.4 is 10.1 Å². The van der Waals surface area contributed by atoms with E-state index in [0.29, 0.717) is 6.61 Å². The van der Waals surface area contributed by atoms with Gasteiger partial charge < -0.3 is 14.8 Å². The Morgan fingerprint density at radius 2 is 1.90 bits per heavy atom. The van der Waals surface area contributed by atoms with Crippen molar-refractivity contribution in [3.8, 4) is 5.75 Å². The Morgan fingerprint density at radius 1 is 1.24 bits per heavy atom. The molecule has 0 radical (unpaired) electrons. The van der Waals surface area contributed by atoms with Crippen LogP contribution in [0.1, 0.15) is 17.3 Å². The minimum Gasteiger partial charge on any atom is -0.493 e. The summed E-state index contributed by atoms with van der Waals surface area (Å²) in [6.07, 6.45) is -4.51. The number of alkyl halides is 3. The molecule has 0 aromatic heterocycles. The first-order valence-electron chi connectivity index (χ1n) is 6.06. The second kappa shape index (κ2) is 7.51. The smallest absolute Gasteiger partial charge is 0.405 e. The van der Waals surface area contributed by atoms with E-state index in [9.17, 15) is 22.8 Å². The Labute approximate surface area is 119 Å². The number of ether oxygens (including phenoxy) is 2. The summed E-state index contributed by atoms with van der Waals surface area (Å²) >= 11 is 0. The topological polar surface area (TPSA) is 64.6 Å². The SMILES string of the molecule is CCOc1ccccc1C(=O)OCC(=O)NCC(F)(F)F. The normalized spacial score (nSPS) is 10.9. The first kappa shape index (κ1) is 16.8. The predicted octanol–water partition coefficient (Wildman–Crippen LogP) is 1.92. The number of hydrogen-bond acceptors (Lipinski definition) is 4. The number of esters is 1. The van der Waals surface area contributed by atoms with Crippen molar-refractivity contribution in [1.29, 1.82) is 0 Å². The van der Waals surface area contributed by atoms with Crippen LogP contribution in [-0.2, 0) is 9.53 Å². The van der Waals surface area contributed by atoms with Crippen LogP contribution in [0.2, 0.25) is 0 Å². The van der Waals surface area contributed by atoms with Crippen molar-refractivity contribution in [2.24, 2.45) is 0 Å². The second-order valence-corrected chi connectivity index (χ2v) is 3.90. The molecule has 0 unspecified atom stereocenters. The maximum Gasteiger partial charge on any atom is 0.405 e. The van der Waals surface area contributed by atoms with Gasteiger partial charge in [0.15, 0.2) is 6.61 Å². The van der Waals surface area contributed by atoms with E-state index in [-0.39, 0.29) is 11.3 Å². The Morgan fingerprint density at radius 3 is 2.52 bits per heavy atom. The maximum absolute atomic E-state index is 11.9. The zero-order chi connectivity index (χ0) is 15.9. The van der Waals surface area contributed by atoms with Crippen molar-refractivity contribution in [2.45, 2.75) is 13.1 Å². The molecule has 21 heavy (non-hydrogen) atoms. The van der Waals surface area contributed by atoms with E-state index in [1.54, 1.807) is 30.4 Å². The molecule has 0 heterocycles. The molecule has 1 aromatic rings. The van der Waals surface area contributed by atoms with Gasteiger partial charge in [0.2, 0.25) is 0 Å². The first-order valence-corrected chi connectivity index (χ1v) is 6.06. The number of amides is 1. The van der Waals surface area contributed by atoms with Crippen molar-refractivity contribution in [3.63, 3.8) is 0 Å². The third kappa shape index (κ3) is 6.15. The highest BCUT2D eigenvalue weighted by atomic mass is 19.4. The van der Waals surface area contributed by atoms with Gasteiger partial charge in [-0.2, -0.15) is 13.2 Å². The number of benzene rings is 1. The molecule has 1 rings (SSSR count). The van der Waals surface area contributed by atoms with E-state index in [1.165, 1.54) is 6.07 Å². The standard InChI is InChI=1S/C13H14F3NO4/c1-2-20-10-6-4-3-5-9(10)12(19)21-7-11(18)17-8-13(14,15)16/h3-6H,2,7-8H2,1H3,(H,17,18). The summed E-state index contributed by atoms with van der Waals surface area (Å²) in [7, 11) is 0. The van der Waals surface area contributed by atoms with Crippen LogP contribution in [0.25, 0.3) is 0 Å². The molecule has 0 spiro atoms. The van der Waals surface area contributed by atoms with Crippen LogP contribution in [0.3, 0.4) is 0 Å². The van der Waals surface area contributed by atoms with Gasteiger partial charge in [0.05, 0.1) is 6.61 Å². The Balaban J connectivity index is 2.52. The molecule has 0 aliphatic heterocycles. The number of carbonyl (C=O) groups excluding carboxylic acids is 2. The maximum atomic E-state index is 11.9. The summed E-state index contributed by atoms with van der Waals surface area (Å²) < 4.78 is 45.5. The second-order valence-electron chi connectivity index (χ2n) is 3.90. The number of carbonyl (C=O) groups is 2. The van der Waals surface area contributed by atoms with Gasteiger partial charge in [-0.15, -0.1) is 0 Å². The summed E-state index contributed by atoms with van der Waals surface area (Å²) in [4.78, 5) is 22.9. The van der Waals surface area contributed by atoms with Crippen LogP contribution in [0.15, 0.2) is 24.3 Å². The molecular weight excluding hydrogens is 291 g/mol. The molecule has 0 saturated heterocycles. The minimum absolute atomic E-state index is 0.1000. The highest BCUT2D eigenvalue weighted by Gasteiger charge is 2.27. The summed E-state index contributed by atoms with van der Waals surface area (Å²) in [6, 6.07) is 6.20. The van der Waals surface area contributed by atoms with Gasteiger partial charge in [-0.05, 0) is 19.1 Å². The highest BCUT2D eigenvalue weighted by Crippen LogP contribution is 2.18. The lowest BCUT2D eigenvalue weighted by atomic mass is 10.2. The predicted molar refractivity (Wildman–Crippen MR) is 67.0 cm³/mol. The fourth-order valence-electron chi connectivity index (χ4n) is 1.38. The zero-order valence-corrected chi connectivity index (χ0v) is 11.2. The average Bonchev–Trinajstić information content (AvgIpc) is 2.42. The molecule has 8 heteroatoms. The lowest BCUT2D eigenvalue weighted by Crippen LogP contribution is -2.36. The monoisotopic (exact) mass is 305 g/mol. The van der Waals surface area contributed by atoms with Gasteiger partial charge in [0, 0.05) is 0 Å². The molecule has 5 nitrogen and oxygen atoms in total. The zero-order valence-electron chi connectivity index (χ0n) is 11.2. The number of rotatable bonds is 6. The minimum atomic E-state index is -4.51. The molecule has 0 saturated carbocycles. The average molecular weight is 305 g/mol. The van der Waals surface area contributed by atoms with Gasteiger partial charge in [-0.25, -0.2) is 4.79 Å². The third-order valence-electron chi connectivity index (χ3n) is 2.23. The summed E-state index contributed by atoms with van der Waals surface area (Å²) in [5.74, 6) is -1.60. The van der Waals surface area contributed by atoms with Crippen molar-refractivity contribution >= 4 is 11.9 Å². The Bertz CT molecular complexity index is 502. The molecule has 0 atom stereocenters. The molecule has 1 amide bonds. The number of hydrogen-bond donors (Lipinski definition) is 1. The van der Waals surface area contributed by atoms with Crippen LogP contribution in [0.4, 0.5) is 13.2 Å². The van der Waals surface area contributed by atoms with Crippen LogP contribution in [0.5, 0.6) is 5.75 Å². The quantitative estimate of drug-likeness (QED) is 0.816. The van der Waals surface area contributed by atoms with Crippen molar-refractivity contribution in [3.05, 3.63) is 29.8 Å². The van der Waals surface area contributed by atoms with Gasteiger partial charge in [0.25, 0.3) is 5.91 Å². The van der Waals surface area contributed by atoms with Gasteiger partial charge in [-0.3, -0.25) is 4.79 Å². The molecule has 0 fully saturated rings. The molecule has 116 valence electrons. The molecule has 0 aliphatic rings. The lowest BCUT2D eigenvalue weighted by molar-refractivity contribution is -0.140. The van der Waals surface area contributed by atoms with E-state index in [2.05, 4.69) is 4.74 Å². The van der Waals surface area contributed by atoms with E-state index < -0.39 is 31.2 Å².